The molecule has 3 unspecified atom stereocenters. The molecule has 1 rings (SSSR count). The minimum atomic E-state index is -0.917. The molecular formula is C8H17NO2S2. The maximum absolute atomic E-state index is 11.3. The number of rotatable bonds is 4. The molecule has 13 heavy (non-hydrogen) atoms. The highest BCUT2D eigenvalue weighted by Gasteiger charge is 2.20. The van der Waals surface area contributed by atoms with Gasteiger partial charge in [-0.05, 0) is 18.8 Å². The van der Waals surface area contributed by atoms with Gasteiger partial charge in [0, 0.05) is 34.6 Å². The Morgan fingerprint density at radius 1 is 1.62 bits per heavy atom. The van der Waals surface area contributed by atoms with E-state index in [4.69, 9.17) is 0 Å². The van der Waals surface area contributed by atoms with Gasteiger partial charge in [-0.25, -0.2) is 8.93 Å². The van der Waals surface area contributed by atoms with Crippen LogP contribution in [0.15, 0.2) is 0 Å². The van der Waals surface area contributed by atoms with Crippen molar-refractivity contribution in [2.24, 2.45) is 5.92 Å². The van der Waals surface area contributed by atoms with E-state index in [0.717, 1.165) is 30.9 Å². The normalized spacial score (nSPS) is 31.5. The molecule has 0 bridgehead atoms. The lowest BCUT2D eigenvalue weighted by molar-refractivity contribution is 0.551. The summed E-state index contributed by atoms with van der Waals surface area (Å²) in [5, 5.41) is 0. The van der Waals surface area contributed by atoms with Crippen LogP contribution in [0.2, 0.25) is 0 Å². The van der Waals surface area contributed by atoms with E-state index < -0.39 is 21.8 Å². The van der Waals surface area contributed by atoms with Crippen molar-refractivity contribution in [3.8, 4) is 0 Å². The van der Waals surface area contributed by atoms with Crippen molar-refractivity contribution >= 4 is 21.8 Å². The Morgan fingerprint density at radius 3 is 3.00 bits per heavy atom. The Kier molecular flexibility index (Phi) is 5.13. The van der Waals surface area contributed by atoms with Crippen LogP contribution in [-0.2, 0) is 21.8 Å². The van der Waals surface area contributed by atoms with Gasteiger partial charge in [0.05, 0.1) is 11.0 Å². The maximum Gasteiger partial charge on any atom is 0.0918 e. The molecule has 0 aliphatic carbocycles. The Morgan fingerprint density at radius 2 is 2.38 bits per heavy atom. The lowest BCUT2D eigenvalue weighted by Gasteiger charge is -2.20. The molecule has 1 saturated heterocycles. The van der Waals surface area contributed by atoms with Crippen LogP contribution in [0.4, 0.5) is 0 Å². The van der Waals surface area contributed by atoms with E-state index in [0.29, 0.717) is 11.7 Å². The summed E-state index contributed by atoms with van der Waals surface area (Å²) >= 11 is 0. The van der Waals surface area contributed by atoms with E-state index in [-0.39, 0.29) is 0 Å². The molecule has 1 N–H and O–H groups in total. The van der Waals surface area contributed by atoms with E-state index in [1.807, 2.05) is 6.92 Å². The van der Waals surface area contributed by atoms with Gasteiger partial charge in [-0.2, -0.15) is 0 Å². The molecule has 78 valence electrons. The quantitative estimate of drug-likeness (QED) is 0.751. The van der Waals surface area contributed by atoms with Gasteiger partial charge >= 0.3 is 0 Å². The Labute approximate surface area is 84.7 Å². The molecule has 5 heteroatoms. The average molecular weight is 223 g/mol. The molecule has 0 aromatic rings. The van der Waals surface area contributed by atoms with E-state index in [9.17, 15) is 8.42 Å². The van der Waals surface area contributed by atoms with Gasteiger partial charge in [0.2, 0.25) is 0 Å². The third kappa shape index (κ3) is 4.33. The van der Waals surface area contributed by atoms with Crippen molar-refractivity contribution in [2.75, 3.05) is 23.8 Å². The fourth-order valence-corrected chi connectivity index (χ4v) is 4.30. The van der Waals surface area contributed by atoms with Crippen LogP contribution >= 0.6 is 0 Å². The van der Waals surface area contributed by atoms with Crippen LogP contribution < -0.4 is 4.72 Å². The second kappa shape index (κ2) is 5.88. The standard InChI is InChI=1S/C8H17NO2S2/c1-2-9-13(11)7-8-4-3-5-12(10)6-8/h8-9H,2-7H2,1H3. The van der Waals surface area contributed by atoms with E-state index in [1.54, 1.807) is 0 Å². The predicted molar refractivity (Wildman–Crippen MR) is 57.3 cm³/mol. The van der Waals surface area contributed by atoms with Crippen LogP contribution in [-0.4, -0.2) is 32.2 Å². The van der Waals surface area contributed by atoms with E-state index in [2.05, 4.69) is 4.72 Å². The number of nitrogens with one attached hydrogen (secondary N) is 1. The van der Waals surface area contributed by atoms with Crippen LogP contribution in [0.3, 0.4) is 0 Å². The first kappa shape index (κ1) is 11.3. The molecule has 0 aromatic carbocycles. The molecule has 1 fully saturated rings. The molecule has 3 atom stereocenters. The summed E-state index contributed by atoms with van der Waals surface area (Å²) in [7, 11) is -1.57. The SMILES string of the molecule is CCNS(=O)CC1CCCS(=O)C1. The fourth-order valence-electron chi connectivity index (χ4n) is 1.53. The first-order chi connectivity index (χ1) is 6.22. The van der Waals surface area contributed by atoms with Crippen molar-refractivity contribution in [3.63, 3.8) is 0 Å². The van der Waals surface area contributed by atoms with Crippen molar-refractivity contribution in [2.45, 2.75) is 19.8 Å². The van der Waals surface area contributed by atoms with Crippen LogP contribution in [0, 0.1) is 5.92 Å². The van der Waals surface area contributed by atoms with Gasteiger partial charge < -0.3 is 0 Å². The monoisotopic (exact) mass is 223 g/mol. The highest BCUT2D eigenvalue weighted by molar-refractivity contribution is 7.85. The van der Waals surface area contributed by atoms with Crippen LogP contribution in [0.1, 0.15) is 19.8 Å². The van der Waals surface area contributed by atoms with Gasteiger partial charge in [0.25, 0.3) is 0 Å². The first-order valence-electron chi connectivity index (χ1n) is 4.69. The molecular weight excluding hydrogens is 206 g/mol. The zero-order valence-electron chi connectivity index (χ0n) is 7.95. The van der Waals surface area contributed by atoms with Crippen LogP contribution in [0.5, 0.6) is 0 Å². The van der Waals surface area contributed by atoms with E-state index >= 15 is 0 Å². The Bertz CT molecular complexity index is 208. The summed E-state index contributed by atoms with van der Waals surface area (Å²) in [6, 6.07) is 0. The largest absolute Gasteiger partial charge is 0.260 e. The summed E-state index contributed by atoms with van der Waals surface area (Å²) in [6.07, 6.45) is 2.11. The number of hydrogen-bond donors (Lipinski definition) is 1. The van der Waals surface area contributed by atoms with Crippen molar-refractivity contribution in [1.82, 2.24) is 4.72 Å². The lowest BCUT2D eigenvalue weighted by atomic mass is 10.1. The van der Waals surface area contributed by atoms with Gasteiger partial charge in [0.1, 0.15) is 0 Å². The molecule has 1 aliphatic rings. The van der Waals surface area contributed by atoms with Crippen molar-refractivity contribution in [1.29, 1.82) is 0 Å². The minimum Gasteiger partial charge on any atom is -0.260 e. The molecule has 1 aliphatic heterocycles. The first-order valence-corrected chi connectivity index (χ1v) is 7.50. The summed E-state index contributed by atoms with van der Waals surface area (Å²) in [4.78, 5) is 0. The average Bonchev–Trinajstić information content (AvgIpc) is 2.04. The van der Waals surface area contributed by atoms with Crippen LogP contribution in [0.25, 0.3) is 0 Å². The molecule has 0 saturated carbocycles. The third-order valence-electron chi connectivity index (χ3n) is 2.10. The third-order valence-corrected chi connectivity index (χ3v) is 5.07. The molecule has 0 amide bonds. The zero-order chi connectivity index (χ0) is 9.68. The summed E-state index contributed by atoms with van der Waals surface area (Å²) in [6.45, 7) is 2.68. The van der Waals surface area contributed by atoms with Crippen molar-refractivity contribution in [3.05, 3.63) is 0 Å². The zero-order valence-corrected chi connectivity index (χ0v) is 9.59. The molecule has 0 spiro atoms. The molecule has 1 heterocycles. The smallest absolute Gasteiger partial charge is 0.0918 e. The summed E-state index contributed by atoms with van der Waals surface area (Å²) in [5.41, 5.74) is 0. The Hall–Kier alpha value is 0.260. The van der Waals surface area contributed by atoms with Gasteiger partial charge in [-0.3, -0.25) is 4.21 Å². The predicted octanol–water partition coefficient (Wildman–Crippen LogP) is 0.418. The van der Waals surface area contributed by atoms with E-state index in [1.165, 1.54) is 0 Å². The lowest BCUT2D eigenvalue weighted by Crippen LogP contribution is -2.29. The van der Waals surface area contributed by atoms with Crippen molar-refractivity contribution < 1.29 is 8.42 Å². The fraction of sp³-hybridized carbons (Fsp3) is 1.00. The van der Waals surface area contributed by atoms with Gasteiger partial charge in [0.15, 0.2) is 0 Å². The summed E-state index contributed by atoms with van der Waals surface area (Å²) in [5.74, 6) is 2.65. The van der Waals surface area contributed by atoms with Gasteiger partial charge in [-0.1, -0.05) is 6.92 Å². The number of hydrogen-bond acceptors (Lipinski definition) is 2. The molecule has 3 nitrogen and oxygen atoms in total. The molecule has 0 radical (unpaired) electrons. The second-order valence-corrected chi connectivity index (χ2v) is 6.26. The maximum atomic E-state index is 11.3. The highest BCUT2D eigenvalue weighted by Crippen LogP contribution is 2.16. The highest BCUT2D eigenvalue weighted by atomic mass is 32.2. The summed E-state index contributed by atoms with van der Waals surface area (Å²) < 4.78 is 25.4. The topological polar surface area (TPSA) is 46.2 Å². The second-order valence-electron chi connectivity index (χ2n) is 3.33. The molecule has 0 aromatic heterocycles. The van der Waals surface area contributed by atoms with Gasteiger partial charge in [-0.15, -0.1) is 0 Å². The minimum absolute atomic E-state index is 0.398. The Balaban J connectivity index is 2.27.